The highest BCUT2D eigenvalue weighted by atomic mass is 79.9. The molecule has 0 atom stereocenters. The third kappa shape index (κ3) is 3.28. The second-order valence-electron chi connectivity index (χ2n) is 3.73. The Bertz CT molecular complexity index is 599. The van der Waals surface area contributed by atoms with Crippen LogP contribution in [0.1, 0.15) is 23.0 Å². The normalized spacial score (nSPS) is 10.4. The van der Waals surface area contributed by atoms with E-state index in [4.69, 9.17) is 5.11 Å². The van der Waals surface area contributed by atoms with Gasteiger partial charge in [0.25, 0.3) is 0 Å². The molecule has 0 aliphatic carbocycles. The maximum absolute atomic E-state index is 11.1. The lowest BCUT2D eigenvalue weighted by atomic mass is 10.2. The van der Waals surface area contributed by atoms with Gasteiger partial charge < -0.3 is 10.4 Å². The number of pyridine rings is 1. The monoisotopic (exact) mass is 325 g/mol. The highest BCUT2D eigenvalue weighted by molar-refractivity contribution is 9.10. The van der Waals surface area contributed by atoms with Gasteiger partial charge in [-0.3, -0.25) is 0 Å². The van der Waals surface area contributed by atoms with Crippen molar-refractivity contribution in [3.8, 4) is 0 Å². The molecule has 0 aliphatic heterocycles. The van der Waals surface area contributed by atoms with E-state index in [2.05, 4.69) is 36.4 Å². The fourth-order valence-electron chi connectivity index (χ4n) is 1.48. The van der Waals surface area contributed by atoms with Crippen LogP contribution in [0.3, 0.4) is 0 Å². The second kappa shape index (κ2) is 5.79. The van der Waals surface area contributed by atoms with Crippen LogP contribution in [0.2, 0.25) is 0 Å². The third-order valence-corrected chi connectivity index (χ3v) is 2.82. The molecule has 0 fully saturated rings. The maximum Gasteiger partial charge on any atom is 0.339 e. The number of carboxylic acids is 1. The molecule has 0 aliphatic rings. The van der Waals surface area contributed by atoms with Crippen LogP contribution in [0.4, 0.5) is 5.82 Å². The minimum atomic E-state index is -1.03. The topological polar surface area (TPSA) is 92.9 Å². The molecule has 0 saturated carbocycles. The summed E-state index contributed by atoms with van der Waals surface area (Å²) < 4.78 is 0.618. The summed E-state index contributed by atoms with van der Waals surface area (Å²) in [6.07, 6.45) is 3.17. The Hall–Kier alpha value is -1.96. The van der Waals surface area contributed by atoms with Gasteiger partial charge in [-0.25, -0.2) is 9.78 Å². The van der Waals surface area contributed by atoms with Gasteiger partial charge in [-0.1, -0.05) is 0 Å². The molecule has 0 radical (unpaired) electrons. The predicted octanol–water partition coefficient (Wildman–Crippen LogP) is 1.77. The highest BCUT2D eigenvalue weighted by Crippen LogP contribution is 2.18. The molecular weight excluding hydrogens is 314 g/mol. The van der Waals surface area contributed by atoms with Crippen LogP contribution in [0.25, 0.3) is 0 Å². The van der Waals surface area contributed by atoms with Gasteiger partial charge in [0.15, 0.2) is 0 Å². The summed E-state index contributed by atoms with van der Waals surface area (Å²) in [5.41, 5.74) is 0.833. The molecule has 8 heteroatoms. The van der Waals surface area contributed by atoms with E-state index in [-0.39, 0.29) is 5.56 Å². The van der Waals surface area contributed by atoms with Crippen LogP contribution in [0, 0.1) is 0 Å². The van der Waals surface area contributed by atoms with Crippen molar-refractivity contribution in [2.45, 2.75) is 20.0 Å². The van der Waals surface area contributed by atoms with Crippen LogP contribution in [0.5, 0.6) is 0 Å². The molecule has 0 unspecified atom stereocenters. The van der Waals surface area contributed by atoms with Crippen molar-refractivity contribution >= 4 is 27.7 Å². The number of nitrogens with zero attached hydrogens (tertiary/aromatic N) is 4. The summed E-state index contributed by atoms with van der Waals surface area (Å²) in [4.78, 5) is 16.7. The Labute approximate surface area is 117 Å². The first-order chi connectivity index (χ1) is 9.10. The number of hydrogen-bond acceptors (Lipinski definition) is 5. The number of anilines is 1. The highest BCUT2D eigenvalue weighted by Gasteiger charge is 2.12. The Balaban J connectivity index is 2.12. The molecule has 0 aromatic carbocycles. The van der Waals surface area contributed by atoms with Gasteiger partial charge in [-0.2, -0.15) is 15.0 Å². The van der Waals surface area contributed by atoms with Gasteiger partial charge in [0.1, 0.15) is 17.1 Å². The smallest absolute Gasteiger partial charge is 0.339 e. The molecule has 2 heterocycles. The van der Waals surface area contributed by atoms with Crippen molar-refractivity contribution in [3.63, 3.8) is 0 Å². The molecule has 2 aromatic heterocycles. The molecule has 0 saturated heterocycles. The Kier molecular flexibility index (Phi) is 4.10. The summed E-state index contributed by atoms with van der Waals surface area (Å²) in [6, 6.07) is 1.50. The van der Waals surface area contributed by atoms with Crippen LogP contribution in [-0.4, -0.2) is 31.1 Å². The standard InChI is InChI=1S/C11H12BrN5O2/c1-2-17-15-6-8(16-17)5-14-10-9(11(18)19)3-7(12)4-13-10/h3-4,6H,2,5H2,1H3,(H,13,14)(H,18,19). The molecule has 2 aromatic rings. The molecule has 19 heavy (non-hydrogen) atoms. The lowest BCUT2D eigenvalue weighted by Gasteiger charge is -2.07. The van der Waals surface area contributed by atoms with Crippen molar-refractivity contribution in [2.24, 2.45) is 0 Å². The number of carbonyl (C=O) groups is 1. The van der Waals surface area contributed by atoms with Gasteiger partial charge in [0, 0.05) is 10.7 Å². The predicted molar refractivity (Wildman–Crippen MR) is 71.9 cm³/mol. The molecular formula is C11H12BrN5O2. The summed E-state index contributed by atoms with van der Waals surface area (Å²) in [5, 5.41) is 20.3. The largest absolute Gasteiger partial charge is 0.478 e. The van der Waals surface area contributed by atoms with E-state index in [0.717, 1.165) is 5.69 Å². The molecule has 100 valence electrons. The van der Waals surface area contributed by atoms with E-state index in [1.54, 1.807) is 11.0 Å². The van der Waals surface area contributed by atoms with Gasteiger partial charge >= 0.3 is 5.97 Å². The van der Waals surface area contributed by atoms with Gasteiger partial charge in [-0.05, 0) is 28.9 Å². The number of carboxylic acid groups (broad SMARTS) is 1. The first kappa shape index (κ1) is 13.5. The van der Waals surface area contributed by atoms with E-state index >= 15 is 0 Å². The van der Waals surface area contributed by atoms with Crippen LogP contribution < -0.4 is 5.32 Å². The van der Waals surface area contributed by atoms with Crippen LogP contribution in [-0.2, 0) is 13.1 Å². The quantitative estimate of drug-likeness (QED) is 0.870. The van der Waals surface area contributed by atoms with E-state index < -0.39 is 5.97 Å². The van der Waals surface area contributed by atoms with Crippen LogP contribution in [0.15, 0.2) is 22.9 Å². The summed E-state index contributed by atoms with van der Waals surface area (Å²) in [5.74, 6) is -0.727. The summed E-state index contributed by atoms with van der Waals surface area (Å²) in [7, 11) is 0. The zero-order chi connectivity index (χ0) is 13.8. The lowest BCUT2D eigenvalue weighted by molar-refractivity contribution is 0.0697. The molecule has 2 rings (SSSR count). The number of halogens is 1. The average Bonchev–Trinajstić information content (AvgIpc) is 2.85. The number of rotatable bonds is 5. The summed E-state index contributed by atoms with van der Waals surface area (Å²) >= 11 is 3.19. The van der Waals surface area contributed by atoms with E-state index in [9.17, 15) is 4.79 Å². The number of aromatic carboxylic acids is 1. The number of hydrogen-bond donors (Lipinski definition) is 2. The number of aryl methyl sites for hydroxylation is 1. The minimum Gasteiger partial charge on any atom is -0.478 e. The molecule has 0 bridgehead atoms. The number of nitrogens with one attached hydrogen (secondary N) is 1. The Morgan fingerprint density at radius 2 is 2.32 bits per heavy atom. The zero-order valence-corrected chi connectivity index (χ0v) is 11.8. The SMILES string of the molecule is CCn1ncc(CNc2ncc(Br)cc2C(=O)O)n1. The molecule has 0 spiro atoms. The molecule has 0 amide bonds. The van der Waals surface area contributed by atoms with Crippen molar-refractivity contribution in [2.75, 3.05) is 5.32 Å². The average molecular weight is 326 g/mol. The van der Waals surface area contributed by atoms with Crippen molar-refractivity contribution in [1.82, 2.24) is 20.0 Å². The second-order valence-corrected chi connectivity index (χ2v) is 4.65. The fraction of sp³-hybridized carbons (Fsp3) is 0.273. The summed E-state index contributed by atoms with van der Waals surface area (Å²) in [6.45, 7) is 3.00. The van der Waals surface area contributed by atoms with Crippen LogP contribution >= 0.6 is 15.9 Å². The van der Waals surface area contributed by atoms with Crippen molar-refractivity contribution in [3.05, 3.63) is 34.2 Å². The van der Waals surface area contributed by atoms with E-state index in [0.29, 0.717) is 23.4 Å². The van der Waals surface area contributed by atoms with Gasteiger partial charge in [-0.15, -0.1) is 0 Å². The Morgan fingerprint density at radius 3 is 2.95 bits per heavy atom. The van der Waals surface area contributed by atoms with Gasteiger partial charge in [0.05, 0.1) is 19.3 Å². The van der Waals surface area contributed by atoms with Crippen molar-refractivity contribution in [1.29, 1.82) is 0 Å². The minimum absolute atomic E-state index is 0.109. The van der Waals surface area contributed by atoms with Crippen molar-refractivity contribution < 1.29 is 9.90 Å². The molecule has 2 N–H and O–H groups in total. The van der Waals surface area contributed by atoms with E-state index in [1.807, 2.05) is 6.92 Å². The fourth-order valence-corrected chi connectivity index (χ4v) is 1.82. The Morgan fingerprint density at radius 1 is 1.53 bits per heavy atom. The molecule has 7 nitrogen and oxygen atoms in total. The first-order valence-corrected chi connectivity index (χ1v) is 6.41. The first-order valence-electron chi connectivity index (χ1n) is 5.62. The number of aromatic nitrogens is 4. The third-order valence-electron chi connectivity index (χ3n) is 2.39. The zero-order valence-electron chi connectivity index (χ0n) is 10.2. The maximum atomic E-state index is 11.1. The van der Waals surface area contributed by atoms with E-state index in [1.165, 1.54) is 12.3 Å². The lowest BCUT2D eigenvalue weighted by Crippen LogP contribution is -2.09. The van der Waals surface area contributed by atoms with Gasteiger partial charge in [0.2, 0.25) is 0 Å².